The van der Waals surface area contributed by atoms with E-state index < -0.39 is 5.82 Å². The molecule has 3 aromatic carbocycles. The van der Waals surface area contributed by atoms with Gasteiger partial charge < -0.3 is 24.4 Å². The van der Waals surface area contributed by atoms with Gasteiger partial charge >= 0.3 is 0 Å². The summed E-state index contributed by atoms with van der Waals surface area (Å²) in [5.74, 6) is 0.0372. The molecule has 0 saturated carbocycles. The average Bonchev–Trinajstić information content (AvgIpc) is 2.95. The Labute approximate surface area is 246 Å². The van der Waals surface area contributed by atoms with Gasteiger partial charge in [-0.25, -0.2) is 4.39 Å². The van der Waals surface area contributed by atoms with E-state index in [4.69, 9.17) is 37.4 Å². The van der Waals surface area contributed by atoms with E-state index in [1.165, 1.54) is 6.07 Å². The van der Waals surface area contributed by atoms with Crippen LogP contribution in [0.5, 0.6) is 5.75 Å². The number of para-hydroxylation sites is 1. The summed E-state index contributed by atoms with van der Waals surface area (Å²) >= 11 is 12.6. The summed E-state index contributed by atoms with van der Waals surface area (Å²) in [6, 6.07) is 15.3. The largest absolute Gasteiger partial charge is 0.493 e. The van der Waals surface area contributed by atoms with E-state index in [0.29, 0.717) is 77.2 Å². The molecule has 1 amide bonds. The number of morpholine rings is 2. The van der Waals surface area contributed by atoms with Gasteiger partial charge in [0.25, 0.3) is 5.91 Å². The maximum Gasteiger partial charge on any atom is 0.255 e. The lowest BCUT2D eigenvalue weighted by Gasteiger charge is -2.47. The summed E-state index contributed by atoms with van der Waals surface area (Å²) in [7, 11) is 0. The molecule has 1 N–H and O–H groups in total. The van der Waals surface area contributed by atoms with Crippen LogP contribution in [0.4, 0.5) is 10.1 Å². The van der Waals surface area contributed by atoms with Crippen molar-refractivity contribution in [3.05, 3.63) is 87.8 Å². The van der Waals surface area contributed by atoms with E-state index in [-0.39, 0.29) is 29.6 Å². The zero-order valence-electron chi connectivity index (χ0n) is 21.9. The first kappa shape index (κ1) is 26.5. The topological polar surface area (TPSA) is 72.9 Å². The lowest BCUT2D eigenvalue weighted by molar-refractivity contribution is -0.0345. The second-order valence-corrected chi connectivity index (χ2v) is 11.4. The Morgan fingerprint density at radius 1 is 0.976 bits per heavy atom. The van der Waals surface area contributed by atoms with Crippen molar-refractivity contribution < 1.29 is 23.4 Å². The van der Waals surface area contributed by atoms with Crippen molar-refractivity contribution in [3.8, 4) is 16.9 Å². The van der Waals surface area contributed by atoms with Crippen LogP contribution in [0.15, 0.2) is 60.8 Å². The number of hydrogen-bond acceptors (Lipinski definition) is 6. The lowest BCUT2D eigenvalue weighted by atomic mass is 9.96. The molecular formula is C31H26Cl2FN3O4. The van der Waals surface area contributed by atoms with Gasteiger partial charge in [0.15, 0.2) is 0 Å². The average molecular weight is 594 g/mol. The van der Waals surface area contributed by atoms with Crippen LogP contribution in [0.25, 0.3) is 22.0 Å². The standard InChI is InChI=1S/C31H26Cl2FN3O4/c32-18-9-17(10-19(33)11-18)28-25(34)6-5-23-29(28)35-12-24(30(23)37-20-13-39-15-21(37)16-40-14-20)31(38)36-26-7-8-41-27-4-2-1-3-22(26)27/h1-6,9-12,20-21,26H,7-8,13-16H2,(H,36,38)/t20?,21?,26-/m0/s1. The van der Waals surface area contributed by atoms with Crippen molar-refractivity contribution in [2.45, 2.75) is 24.5 Å². The number of nitrogens with zero attached hydrogens (tertiary/aromatic N) is 2. The monoisotopic (exact) mass is 593 g/mol. The third-order valence-corrected chi connectivity index (χ3v) is 8.34. The SMILES string of the molecule is O=C(N[C@H]1CCOc2ccccc21)c1cnc2c(-c3cc(Cl)cc(Cl)c3)c(F)ccc2c1N1C2COCC1COC2. The molecule has 0 unspecified atom stereocenters. The number of nitrogens with one attached hydrogen (secondary N) is 1. The molecule has 10 heteroatoms. The molecule has 41 heavy (non-hydrogen) atoms. The zero-order valence-corrected chi connectivity index (χ0v) is 23.4. The Hall–Kier alpha value is -3.43. The molecule has 3 aliphatic rings. The quantitative estimate of drug-likeness (QED) is 0.303. The van der Waals surface area contributed by atoms with Crippen LogP contribution in [-0.4, -0.2) is 56.0 Å². The predicted octanol–water partition coefficient (Wildman–Crippen LogP) is 6.21. The van der Waals surface area contributed by atoms with E-state index in [9.17, 15) is 4.79 Å². The molecule has 4 heterocycles. The van der Waals surface area contributed by atoms with Crippen LogP contribution in [0.1, 0.15) is 28.4 Å². The molecule has 3 aliphatic heterocycles. The summed E-state index contributed by atoms with van der Waals surface area (Å²) < 4.78 is 33.0. The van der Waals surface area contributed by atoms with Gasteiger partial charge in [-0.15, -0.1) is 0 Å². The van der Waals surface area contributed by atoms with Crippen molar-refractivity contribution in [1.82, 2.24) is 10.3 Å². The van der Waals surface area contributed by atoms with Gasteiger partial charge in [0, 0.05) is 39.2 Å². The van der Waals surface area contributed by atoms with Crippen molar-refractivity contribution in [2.75, 3.05) is 37.9 Å². The van der Waals surface area contributed by atoms with E-state index in [0.717, 1.165) is 11.3 Å². The van der Waals surface area contributed by atoms with Crippen molar-refractivity contribution in [3.63, 3.8) is 0 Å². The van der Waals surface area contributed by atoms with E-state index >= 15 is 4.39 Å². The number of aromatic nitrogens is 1. The van der Waals surface area contributed by atoms with Crippen molar-refractivity contribution in [2.24, 2.45) is 0 Å². The number of ether oxygens (including phenoxy) is 3. The number of carbonyl (C=O) groups is 1. The molecule has 1 atom stereocenters. The fraction of sp³-hybridized carbons (Fsp3) is 0.290. The van der Waals surface area contributed by atoms with Gasteiger partial charge in [-0.3, -0.25) is 9.78 Å². The molecule has 1 aromatic heterocycles. The molecule has 7 nitrogen and oxygen atoms in total. The van der Waals surface area contributed by atoms with Crippen LogP contribution in [-0.2, 0) is 9.47 Å². The highest BCUT2D eigenvalue weighted by atomic mass is 35.5. The zero-order chi connectivity index (χ0) is 28.1. The second-order valence-electron chi connectivity index (χ2n) is 10.5. The first-order chi connectivity index (χ1) is 20.0. The molecular weight excluding hydrogens is 568 g/mol. The van der Waals surface area contributed by atoms with Crippen LogP contribution in [0, 0.1) is 5.82 Å². The highest BCUT2D eigenvalue weighted by Gasteiger charge is 2.39. The number of halogens is 3. The minimum atomic E-state index is -0.462. The fourth-order valence-electron chi connectivity index (χ4n) is 6.13. The molecule has 7 rings (SSSR count). The number of carbonyl (C=O) groups excluding carboxylic acids is 1. The van der Waals surface area contributed by atoms with E-state index in [1.807, 2.05) is 24.3 Å². The second kappa shape index (κ2) is 10.8. The Bertz CT molecular complexity index is 1630. The first-order valence-electron chi connectivity index (χ1n) is 13.5. The Kier molecular flexibility index (Phi) is 6.95. The highest BCUT2D eigenvalue weighted by molar-refractivity contribution is 6.35. The number of rotatable bonds is 4. The molecule has 0 aliphatic carbocycles. The summed E-state index contributed by atoms with van der Waals surface area (Å²) in [6.45, 7) is 2.30. The maximum absolute atomic E-state index is 15.5. The molecule has 2 fully saturated rings. The van der Waals surface area contributed by atoms with Gasteiger partial charge in [-0.05, 0) is 42.0 Å². The van der Waals surface area contributed by atoms with Crippen LogP contribution >= 0.6 is 23.2 Å². The number of hydrogen-bond donors (Lipinski definition) is 1. The van der Waals surface area contributed by atoms with Crippen LogP contribution < -0.4 is 15.0 Å². The Morgan fingerprint density at radius 3 is 2.41 bits per heavy atom. The number of anilines is 1. The molecule has 4 aromatic rings. The van der Waals surface area contributed by atoms with Gasteiger partial charge in [0.1, 0.15) is 11.6 Å². The molecule has 0 radical (unpaired) electrons. The number of benzene rings is 3. The fourth-order valence-corrected chi connectivity index (χ4v) is 6.66. The number of amides is 1. The van der Waals surface area contributed by atoms with Gasteiger partial charge in [0.05, 0.1) is 67.9 Å². The summed E-state index contributed by atoms with van der Waals surface area (Å²) in [5.41, 5.74) is 3.21. The summed E-state index contributed by atoms with van der Waals surface area (Å²) in [5, 5.41) is 4.64. The van der Waals surface area contributed by atoms with Gasteiger partial charge in [-0.2, -0.15) is 0 Å². The predicted molar refractivity (Wildman–Crippen MR) is 156 cm³/mol. The Balaban J connectivity index is 1.40. The van der Waals surface area contributed by atoms with E-state index in [1.54, 1.807) is 30.5 Å². The van der Waals surface area contributed by atoms with Gasteiger partial charge in [-0.1, -0.05) is 41.4 Å². The minimum absolute atomic E-state index is 0.113. The third-order valence-electron chi connectivity index (χ3n) is 7.91. The normalized spacial score (nSPS) is 21.7. The Morgan fingerprint density at radius 2 is 1.68 bits per heavy atom. The van der Waals surface area contributed by atoms with E-state index in [2.05, 4.69) is 15.2 Å². The van der Waals surface area contributed by atoms with Crippen LogP contribution in [0.2, 0.25) is 10.0 Å². The van der Waals surface area contributed by atoms with Crippen LogP contribution in [0.3, 0.4) is 0 Å². The lowest BCUT2D eigenvalue weighted by Crippen LogP contribution is -2.60. The number of pyridine rings is 1. The highest BCUT2D eigenvalue weighted by Crippen LogP contribution is 2.41. The smallest absolute Gasteiger partial charge is 0.255 e. The van der Waals surface area contributed by atoms with Crippen molar-refractivity contribution >= 4 is 45.7 Å². The maximum atomic E-state index is 15.5. The molecule has 2 bridgehead atoms. The number of fused-ring (bicyclic) bond motifs is 4. The summed E-state index contributed by atoms with van der Waals surface area (Å²) in [4.78, 5) is 21.0. The molecule has 2 saturated heterocycles. The third kappa shape index (κ3) is 4.78. The minimum Gasteiger partial charge on any atom is -0.493 e. The molecule has 210 valence electrons. The summed E-state index contributed by atoms with van der Waals surface area (Å²) in [6.07, 6.45) is 2.18. The molecule has 0 spiro atoms. The van der Waals surface area contributed by atoms with Gasteiger partial charge in [0.2, 0.25) is 0 Å². The first-order valence-corrected chi connectivity index (χ1v) is 14.3. The van der Waals surface area contributed by atoms with Crippen molar-refractivity contribution in [1.29, 1.82) is 0 Å².